The van der Waals surface area contributed by atoms with E-state index in [1.807, 2.05) is 7.05 Å². The molecule has 2 rings (SSSR count). The largest absolute Gasteiger partial charge is 0.367 e. The molecule has 23 heavy (non-hydrogen) atoms. The Morgan fingerprint density at radius 3 is 2.91 bits per heavy atom. The topological polar surface area (TPSA) is 65.4 Å². The summed E-state index contributed by atoms with van der Waals surface area (Å²) in [6, 6.07) is 0. The summed E-state index contributed by atoms with van der Waals surface area (Å²) in [5.74, 6) is 3.66. The Labute approximate surface area is 160 Å². The molecule has 1 atom stereocenters. The van der Waals surface area contributed by atoms with Gasteiger partial charge < -0.3 is 15.5 Å². The predicted molar refractivity (Wildman–Crippen MR) is 110 cm³/mol. The van der Waals surface area contributed by atoms with Gasteiger partial charge in [-0.2, -0.15) is 11.8 Å². The van der Waals surface area contributed by atoms with Crippen LogP contribution in [0, 0.1) is 5.92 Å². The summed E-state index contributed by atoms with van der Waals surface area (Å²) in [7, 11) is 1.85. The van der Waals surface area contributed by atoms with Crippen molar-refractivity contribution < 1.29 is 0 Å². The van der Waals surface area contributed by atoms with Crippen LogP contribution in [0.5, 0.6) is 0 Å². The van der Waals surface area contributed by atoms with Gasteiger partial charge in [0.2, 0.25) is 0 Å². The zero-order chi connectivity index (χ0) is 15.8. The number of hydrogen-bond donors (Lipinski definition) is 2. The van der Waals surface area contributed by atoms with E-state index in [1.54, 1.807) is 18.6 Å². The summed E-state index contributed by atoms with van der Waals surface area (Å²) in [5.41, 5.74) is 0. The summed E-state index contributed by atoms with van der Waals surface area (Å²) >= 11 is 2.08. The Morgan fingerprint density at radius 2 is 2.26 bits per heavy atom. The van der Waals surface area contributed by atoms with E-state index in [2.05, 4.69) is 56.1 Å². The van der Waals surface area contributed by atoms with Gasteiger partial charge in [0.15, 0.2) is 5.96 Å². The normalized spacial score (nSPS) is 18.5. The minimum atomic E-state index is 0. The predicted octanol–water partition coefficient (Wildman–Crippen LogP) is 2.16. The SMILES string of the molecule is CN=C(NCCNc1cnccn1)N1CCSC(C(C)C)C1.I. The molecular weight excluding hydrogens is 423 g/mol. The molecule has 1 saturated heterocycles. The van der Waals surface area contributed by atoms with E-state index >= 15 is 0 Å². The number of aliphatic imine (C=N–C) groups is 1. The Bertz CT molecular complexity index is 470. The van der Waals surface area contributed by atoms with Crippen LogP contribution in [0.15, 0.2) is 23.6 Å². The van der Waals surface area contributed by atoms with E-state index in [0.717, 1.165) is 38.0 Å². The zero-order valence-electron chi connectivity index (χ0n) is 14.0. The Balaban J connectivity index is 0.00000264. The highest BCUT2D eigenvalue weighted by molar-refractivity contribution is 14.0. The molecule has 1 aromatic heterocycles. The standard InChI is InChI=1S/C15H26N6S.HI/c1-12(2)13-11-21(8-9-22-13)15(16-3)20-7-6-19-14-10-17-4-5-18-14;/h4-5,10,12-13H,6-9,11H2,1-3H3,(H,16,20)(H,18,19);1H. The second-order valence-electron chi connectivity index (χ2n) is 5.59. The van der Waals surface area contributed by atoms with Gasteiger partial charge in [-0.05, 0) is 5.92 Å². The average molecular weight is 450 g/mol. The molecule has 0 saturated carbocycles. The molecule has 6 nitrogen and oxygen atoms in total. The highest BCUT2D eigenvalue weighted by Gasteiger charge is 2.24. The van der Waals surface area contributed by atoms with Gasteiger partial charge in [-0.25, -0.2) is 4.98 Å². The van der Waals surface area contributed by atoms with Crippen molar-refractivity contribution in [2.75, 3.05) is 44.3 Å². The lowest BCUT2D eigenvalue weighted by molar-refractivity contribution is 0.381. The summed E-state index contributed by atoms with van der Waals surface area (Å²) in [5, 5.41) is 7.35. The van der Waals surface area contributed by atoms with Crippen LogP contribution < -0.4 is 10.6 Å². The third kappa shape index (κ3) is 6.70. The van der Waals surface area contributed by atoms with Gasteiger partial charge in [0.05, 0.1) is 6.20 Å². The summed E-state index contributed by atoms with van der Waals surface area (Å²) < 4.78 is 0. The van der Waals surface area contributed by atoms with Gasteiger partial charge in [0.1, 0.15) is 5.82 Å². The molecule has 0 aromatic carbocycles. The lowest BCUT2D eigenvalue weighted by Crippen LogP contribution is -2.49. The van der Waals surface area contributed by atoms with Gasteiger partial charge in [0.25, 0.3) is 0 Å². The lowest BCUT2D eigenvalue weighted by Gasteiger charge is -2.36. The monoisotopic (exact) mass is 450 g/mol. The molecule has 1 fully saturated rings. The maximum absolute atomic E-state index is 4.42. The third-order valence-corrected chi connectivity index (χ3v) is 5.17. The smallest absolute Gasteiger partial charge is 0.193 e. The molecule has 1 aliphatic rings. The fourth-order valence-electron chi connectivity index (χ4n) is 2.36. The first-order valence-electron chi connectivity index (χ1n) is 7.77. The summed E-state index contributed by atoms with van der Waals surface area (Å²) in [6.45, 7) is 8.31. The van der Waals surface area contributed by atoms with Crippen LogP contribution in [0.2, 0.25) is 0 Å². The molecule has 0 radical (unpaired) electrons. The van der Waals surface area contributed by atoms with E-state index in [0.29, 0.717) is 11.2 Å². The van der Waals surface area contributed by atoms with Crippen LogP contribution >= 0.6 is 35.7 Å². The Hall–Kier alpha value is -0.770. The molecule has 2 heterocycles. The van der Waals surface area contributed by atoms with Crippen molar-refractivity contribution in [2.45, 2.75) is 19.1 Å². The molecule has 0 bridgehead atoms. The molecule has 0 spiro atoms. The average Bonchev–Trinajstić information content (AvgIpc) is 2.56. The van der Waals surface area contributed by atoms with E-state index in [4.69, 9.17) is 0 Å². The number of aromatic nitrogens is 2. The first-order chi connectivity index (χ1) is 10.7. The van der Waals surface area contributed by atoms with E-state index in [9.17, 15) is 0 Å². The molecular formula is C15H27IN6S. The second kappa shape index (κ2) is 10.9. The van der Waals surface area contributed by atoms with Crippen LogP contribution in [0.4, 0.5) is 5.82 Å². The van der Waals surface area contributed by atoms with Crippen molar-refractivity contribution in [2.24, 2.45) is 10.9 Å². The van der Waals surface area contributed by atoms with Crippen molar-refractivity contribution in [3.05, 3.63) is 18.6 Å². The summed E-state index contributed by atoms with van der Waals surface area (Å²) in [6.07, 6.45) is 5.08. The van der Waals surface area contributed by atoms with E-state index < -0.39 is 0 Å². The molecule has 1 aliphatic heterocycles. The van der Waals surface area contributed by atoms with Crippen molar-refractivity contribution >= 4 is 47.5 Å². The number of nitrogens with zero attached hydrogens (tertiary/aromatic N) is 4. The minimum absolute atomic E-state index is 0. The number of nitrogens with one attached hydrogen (secondary N) is 2. The van der Waals surface area contributed by atoms with Gasteiger partial charge in [0, 0.05) is 56.6 Å². The number of thioether (sulfide) groups is 1. The minimum Gasteiger partial charge on any atom is -0.367 e. The van der Waals surface area contributed by atoms with Gasteiger partial charge in [-0.1, -0.05) is 13.8 Å². The molecule has 2 N–H and O–H groups in total. The number of anilines is 1. The maximum Gasteiger partial charge on any atom is 0.193 e. The van der Waals surface area contributed by atoms with Crippen LogP contribution in [0.1, 0.15) is 13.8 Å². The lowest BCUT2D eigenvalue weighted by atomic mass is 10.1. The number of guanidine groups is 1. The van der Waals surface area contributed by atoms with Crippen LogP contribution in [-0.4, -0.2) is 65.1 Å². The molecule has 8 heteroatoms. The Kier molecular flexibility index (Phi) is 9.61. The van der Waals surface area contributed by atoms with Crippen molar-refractivity contribution in [3.63, 3.8) is 0 Å². The molecule has 1 aromatic rings. The van der Waals surface area contributed by atoms with Crippen molar-refractivity contribution in [3.8, 4) is 0 Å². The maximum atomic E-state index is 4.42. The number of halogens is 1. The highest BCUT2D eigenvalue weighted by atomic mass is 127. The first-order valence-corrected chi connectivity index (χ1v) is 8.82. The fraction of sp³-hybridized carbons (Fsp3) is 0.667. The van der Waals surface area contributed by atoms with Gasteiger partial charge in [-0.15, -0.1) is 24.0 Å². The summed E-state index contributed by atoms with van der Waals surface area (Å²) in [4.78, 5) is 15.0. The van der Waals surface area contributed by atoms with Crippen molar-refractivity contribution in [1.82, 2.24) is 20.2 Å². The number of hydrogen-bond acceptors (Lipinski definition) is 5. The van der Waals surface area contributed by atoms with Gasteiger partial charge >= 0.3 is 0 Å². The molecule has 0 aliphatic carbocycles. The third-order valence-electron chi connectivity index (χ3n) is 3.63. The van der Waals surface area contributed by atoms with Crippen LogP contribution in [0.25, 0.3) is 0 Å². The quantitative estimate of drug-likeness (QED) is 0.310. The van der Waals surface area contributed by atoms with Crippen LogP contribution in [-0.2, 0) is 0 Å². The number of rotatable bonds is 5. The fourth-order valence-corrected chi connectivity index (χ4v) is 3.66. The van der Waals surface area contributed by atoms with Crippen molar-refractivity contribution in [1.29, 1.82) is 0 Å². The Morgan fingerprint density at radius 1 is 1.43 bits per heavy atom. The van der Waals surface area contributed by atoms with E-state index in [-0.39, 0.29) is 24.0 Å². The van der Waals surface area contributed by atoms with E-state index in [1.165, 1.54) is 5.75 Å². The molecule has 130 valence electrons. The molecule has 1 unspecified atom stereocenters. The highest BCUT2D eigenvalue weighted by Crippen LogP contribution is 2.24. The zero-order valence-corrected chi connectivity index (χ0v) is 17.2. The van der Waals surface area contributed by atoms with Gasteiger partial charge in [-0.3, -0.25) is 9.98 Å². The second-order valence-corrected chi connectivity index (χ2v) is 6.94. The van der Waals surface area contributed by atoms with Crippen LogP contribution in [0.3, 0.4) is 0 Å². The first kappa shape index (κ1) is 20.3. The molecule has 0 amide bonds.